The Kier molecular flexibility index (Phi) is 10.6. The highest BCUT2D eigenvalue weighted by atomic mass is 35.5. The van der Waals surface area contributed by atoms with Crippen LogP contribution in [0.4, 0.5) is 5.69 Å². The van der Waals surface area contributed by atoms with Crippen molar-refractivity contribution in [1.29, 1.82) is 5.26 Å². The second-order valence-electron chi connectivity index (χ2n) is 17.4. The van der Waals surface area contributed by atoms with Gasteiger partial charge in [0.1, 0.15) is 17.9 Å². The van der Waals surface area contributed by atoms with Crippen molar-refractivity contribution in [3.8, 4) is 11.8 Å². The quantitative estimate of drug-likeness (QED) is 0.287. The predicted molar refractivity (Wildman–Crippen MR) is 215 cm³/mol. The van der Waals surface area contributed by atoms with E-state index in [0.717, 1.165) is 108 Å². The average Bonchev–Trinajstić information content (AvgIpc) is 3.81. The highest BCUT2D eigenvalue weighted by molar-refractivity contribution is 6.31. The number of aromatic nitrogens is 3. The monoisotopic (exact) mass is 821 g/mol. The molecule has 1 spiro atoms. The van der Waals surface area contributed by atoms with Crippen molar-refractivity contribution < 1.29 is 28.7 Å². The molecular weight excluding hydrogens is 774 g/mol. The van der Waals surface area contributed by atoms with Gasteiger partial charge in [0.15, 0.2) is 5.69 Å². The Hall–Kier alpha value is -5.33. The Morgan fingerprint density at radius 3 is 2.39 bits per heavy atom. The number of halogens is 1. The lowest BCUT2D eigenvalue weighted by Crippen LogP contribution is -2.60. The Morgan fingerprint density at radius 2 is 1.68 bits per heavy atom. The van der Waals surface area contributed by atoms with Crippen molar-refractivity contribution in [3.05, 3.63) is 70.0 Å². The number of imide groups is 2. The van der Waals surface area contributed by atoms with E-state index in [1.165, 1.54) is 0 Å². The summed E-state index contributed by atoms with van der Waals surface area (Å²) in [6.07, 6.45) is 11.8. The lowest BCUT2D eigenvalue weighted by Gasteiger charge is -2.55. The minimum absolute atomic E-state index is 0.0286. The first-order chi connectivity index (χ1) is 28.5. The molecule has 1 atom stereocenters. The molecule has 5 fully saturated rings. The number of carbonyl (C=O) groups excluding carboxylic acids is 5. The molecule has 3 aromatic rings. The number of anilines is 1. The molecule has 9 rings (SSSR count). The zero-order chi connectivity index (χ0) is 40.8. The van der Waals surface area contributed by atoms with Gasteiger partial charge < -0.3 is 19.9 Å². The fraction of sp³-hybridized carbons (Fsp3) is 0.535. The number of ether oxygens (including phenoxy) is 1. The number of benzene rings is 2. The summed E-state index contributed by atoms with van der Waals surface area (Å²) in [7, 11) is 0. The number of fused-ring (bicyclic) bond motifs is 1. The molecule has 2 N–H and O–H groups in total. The van der Waals surface area contributed by atoms with Gasteiger partial charge in [-0.05, 0) is 120 Å². The number of nitrogens with one attached hydrogen (secondary N) is 2. The van der Waals surface area contributed by atoms with E-state index in [1.54, 1.807) is 36.5 Å². The summed E-state index contributed by atoms with van der Waals surface area (Å²) in [5, 5.41) is 23.5. The molecule has 15 nitrogen and oxygen atoms in total. The number of carbonyl (C=O) groups is 5. The minimum atomic E-state index is -0.965. The zero-order valence-electron chi connectivity index (χ0n) is 32.9. The van der Waals surface area contributed by atoms with Gasteiger partial charge in [0, 0.05) is 49.3 Å². The molecule has 0 radical (unpaired) electrons. The number of rotatable bonds is 9. The average molecular weight is 822 g/mol. The molecular formula is C43H48ClN9O6. The van der Waals surface area contributed by atoms with E-state index < -0.39 is 23.8 Å². The Morgan fingerprint density at radius 1 is 0.932 bits per heavy atom. The van der Waals surface area contributed by atoms with Crippen molar-refractivity contribution >= 4 is 46.8 Å². The van der Waals surface area contributed by atoms with Crippen LogP contribution in [0.5, 0.6) is 5.75 Å². The van der Waals surface area contributed by atoms with E-state index in [1.807, 2.05) is 10.7 Å². The molecule has 6 aliphatic rings. The van der Waals surface area contributed by atoms with Crippen LogP contribution in [0.3, 0.4) is 0 Å². The smallest absolute Gasteiger partial charge is 0.273 e. The Labute approximate surface area is 347 Å². The van der Waals surface area contributed by atoms with Crippen LogP contribution < -0.4 is 20.3 Å². The fourth-order valence-corrected chi connectivity index (χ4v) is 10.3. The van der Waals surface area contributed by atoms with Gasteiger partial charge in [0.05, 0.1) is 40.1 Å². The van der Waals surface area contributed by atoms with Gasteiger partial charge in [-0.15, -0.1) is 5.10 Å². The van der Waals surface area contributed by atoms with Gasteiger partial charge in [-0.25, -0.2) is 4.68 Å². The van der Waals surface area contributed by atoms with Crippen LogP contribution in [-0.4, -0.2) is 105 Å². The number of hydrogen-bond acceptors (Lipinski definition) is 11. The van der Waals surface area contributed by atoms with E-state index in [4.69, 9.17) is 21.6 Å². The maximum atomic E-state index is 13.3. The molecule has 5 heterocycles. The zero-order valence-corrected chi connectivity index (χ0v) is 33.7. The largest absolute Gasteiger partial charge is 0.490 e. The number of nitriles is 1. The number of nitrogens with zero attached hydrogens (tertiary/aromatic N) is 7. The van der Waals surface area contributed by atoms with Crippen molar-refractivity contribution in [2.45, 2.75) is 101 Å². The maximum Gasteiger partial charge on any atom is 0.273 e. The second kappa shape index (κ2) is 16.0. The van der Waals surface area contributed by atoms with E-state index in [-0.39, 0.29) is 48.3 Å². The SMILES string of the molecule is N#Cc1ccc(OC2CCC(NC(=O)c3cn(C4CCC(CN5CCC6(CC5)CN(c5ccc7c(c5)C(=O)N(C5CCC(=O)NC5=O)C7=O)C6)CC4)nn3)CC2)cc1Cl. The number of hydrogen-bond donors (Lipinski definition) is 2. The molecule has 0 bridgehead atoms. The van der Waals surface area contributed by atoms with Gasteiger partial charge in [-0.2, -0.15) is 5.26 Å². The maximum absolute atomic E-state index is 13.3. The molecule has 2 aliphatic carbocycles. The van der Waals surface area contributed by atoms with Gasteiger partial charge in [0.2, 0.25) is 11.8 Å². The standard InChI is InChI=1S/C43H48ClN9O6/c44-35-20-32(9-3-27(35)21-45)59-31-10-4-28(5-11-31)46-39(55)36-23-52(49-48-36)29-6-1-26(2-7-29)22-50-17-15-43(16-18-50)24-51(25-43)30-8-12-33-34(19-30)42(58)53(41(33)57)37-13-14-38(54)47-40(37)56/h3,8-9,12,19-20,23,26,28-29,31,37H,1-2,4-7,10-11,13-18,22,24-25H2,(H,46,55)(H,47,54,56). The summed E-state index contributed by atoms with van der Waals surface area (Å²) < 4.78 is 7.98. The molecule has 308 valence electrons. The highest BCUT2D eigenvalue weighted by Gasteiger charge is 2.47. The Balaban J connectivity index is 0.687. The first kappa shape index (κ1) is 39.1. The highest BCUT2D eigenvalue weighted by Crippen LogP contribution is 2.44. The van der Waals surface area contributed by atoms with Crippen LogP contribution >= 0.6 is 11.6 Å². The van der Waals surface area contributed by atoms with E-state index >= 15 is 0 Å². The first-order valence-corrected chi connectivity index (χ1v) is 21.3. The third-order valence-corrected chi connectivity index (χ3v) is 13.9. The first-order valence-electron chi connectivity index (χ1n) is 21.0. The molecule has 1 aromatic heterocycles. The van der Waals surface area contributed by atoms with Crippen molar-refractivity contribution in [1.82, 2.24) is 35.4 Å². The molecule has 1 unspecified atom stereocenters. The second-order valence-corrected chi connectivity index (χ2v) is 17.8. The summed E-state index contributed by atoms with van der Waals surface area (Å²) in [6.45, 7) is 5.04. The van der Waals surface area contributed by atoms with Gasteiger partial charge in [0.25, 0.3) is 17.7 Å². The van der Waals surface area contributed by atoms with E-state index in [9.17, 15) is 24.0 Å². The summed E-state index contributed by atoms with van der Waals surface area (Å²) in [5.41, 5.74) is 2.57. The number of amides is 5. The van der Waals surface area contributed by atoms with Crippen LogP contribution in [0.2, 0.25) is 5.02 Å². The predicted octanol–water partition coefficient (Wildman–Crippen LogP) is 4.66. The molecule has 5 amide bonds. The van der Waals surface area contributed by atoms with Crippen molar-refractivity contribution in [2.75, 3.05) is 37.6 Å². The molecule has 2 aromatic carbocycles. The summed E-state index contributed by atoms with van der Waals surface area (Å²) in [4.78, 5) is 69.5. The van der Waals surface area contributed by atoms with Gasteiger partial charge in [-0.1, -0.05) is 16.8 Å². The van der Waals surface area contributed by atoms with Gasteiger partial charge >= 0.3 is 0 Å². The molecule has 4 aliphatic heterocycles. The van der Waals surface area contributed by atoms with Crippen LogP contribution in [0.25, 0.3) is 0 Å². The molecule has 2 saturated carbocycles. The molecule has 16 heteroatoms. The van der Waals surface area contributed by atoms with E-state index in [0.29, 0.717) is 39.1 Å². The summed E-state index contributed by atoms with van der Waals surface area (Å²) >= 11 is 6.16. The van der Waals surface area contributed by atoms with Crippen LogP contribution in [-0.2, 0) is 9.59 Å². The normalized spacial score (nSPS) is 26.9. The van der Waals surface area contributed by atoms with Crippen molar-refractivity contribution in [3.63, 3.8) is 0 Å². The van der Waals surface area contributed by atoms with Crippen molar-refractivity contribution in [2.24, 2.45) is 11.3 Å². The third-order valence-electron chi connectivity index (χ3n) is 13.6. The number of likely N-dealkylation sites (tertiary alicyclic amines) is 1. The summed E-state index contributed by atoms with van der Waals surface area (Å²) in [6, 6.07) is 11.9. The van der Waals surface area contributed by atoms with Crippen LogP contribution in [0.15, 0.2) is 42.6 Å². The molecule has 3 saturated heterocycles. The lowest BCUT2D eigenvalue weighted by atomic mass is 9.71. The fourth-order valence-electron chi connectivity index (χ4n) is 10.1. The van der Waals surface area contributed by atoms with E-state index in [2.05, 4.69) is 36.8 Å². The topological polar surface area (TPSA) is 183 Å². The molecule has 59 heavy (non-hydrogen) atoms. The summed E-state index contributed by atoms with van der Waals surface area (Å²) in [5.74, 6) is -0.858. The third kappa shape index (κ3) is 7.92. The lowest BCUT2D eigenvalue weighted by molar-refractivity contribution is -0.136. The Bertz CT molecular complexity index is 2210. The minimum Gasteiger partial charge on any atom is -0.490 e. The van der Waals surface area contributed by atoms with Gasteiger partial charge in [-0.3, -0.25) is 34.2 Å². The van der Waals surface area contributed by atoms with Crippen LogP contribution in [0, 0.1) is 22.7 Å². The van der Waals surface area contributed by atoms with Crippen LogP contribution in [0.1, 0.15) is 120 Å². The number of piperidine rings is 2.